The van der Waals surface area contributed by atoms with Crippen LogP contribution in [0.15, 0.2) is 249 Å². The summed E-state index contributed by atoms with van der Waals surface area (Å²) in [5.74, 6) is 0. The SMILES string of the molecule is CC(C)(C)c1cc(-c2cccc(-c3cccc(-c4cccc(-c5cccc(-c6cccc(-c7cccc8c7-c7ccccc7C87c8ccccc8-c8ccccc87)c6)c5)c4)c3)c2)c2c(c1)C(C)(C)c1ccccc1-2. The van der Waals surface area contributed by atoms with E-state index in [1.807, 2.05) is 0 Å². The smallest absolute Gasteiger partial charge is 0.0619 e. The van der Waals surface area contributed by atoms with E-state index in [2.05, 4.69) is 283 Å². The van der Waals surface area contributed by atoms with Gasteiger partial charge in [0.15, 0.2) is 0 Å². The molecule has 1 spiro atoms. The van der Waals surface area contributed by atoms with E-state index in [0.29, 0.717) is 0 Å². The predicted octanol–water partition coefficient (Wildman–Crippen LogP) is 19.6. The lowest BCUT2D eigenvalue weighted by molar-refractivity contribution is 0.585. The number of rotatable bonds is 6. The van der Waals surface area contributed by atoms with E-state index >= 15 is 0 Å². The molecule has 11 aromatic rings. The van der Waals surface area contributed by atoms with Crippen molar-refractivity contribution in [3.8, 4) is 100 Å². The second kappa shape index (κ2) is 16.5. The molecule has 0 fully saturated rings. The van der Waals surface area contributed by atoms with Crippen molar-refractivity contribution in [2.24, 2.45) is 0 Å². The van der Waals surface area contributed by atoms with Gasteiger partial charge in [-0.1, -0.05) is 247 Å². The van der Waals surface area contributed by atoms with Crippen LogP contribution in [-0.4, -0.2) is 0 Å². The molecule has 0 nitrogen and oxygen atoms in total. The topological polar surface area (TPSA) is 0 Å². The Morgan fingerprint density at radius 1 is 0.243 bits per heavy atom. The Kier molecular flexibility index (Phi) is 9.83. The molecule has 0 heteroatoms. The van der Waals surface area contributed by atoms with Crippen molar-refractivity contribution < 1.29 is 0 Å². The molecule has 74 heavy (non-hydrogen) atoms. The monoisotopic (exact) mass is 944 g/mol. The van der Waals surface area contributed by atoms with Gasteiger partial charge >= 0.3 is 0 Å². The average molecular weight is 945 g/mol. The van der Waals surface area contributed by atoms with Gasteiger partial charge < -0.3 is 0 Å². The van der Waals surface area contributed by atoms with Crippen molar-refractivity contribution in [1.29, 1.82) is 0 Å². The van der Waals surface area contributed by atoms with Crippen molar-refractivity contribution in [2.45, 2.75) is 50.9 Å². The van der Waals surface area contributed by atoms with Gasteiger partial charge in [-0.15, -0.1) is 0 Å². The largest absolute Gasteiger partial charge is 0.0725 e. The standard InChI is InChI=1S/C74H56/c1-72(2,3)57-45-63(71-61-32-8-10-35-64(61)73(4,5)69(71)46-57)56-29-18-27-54(44-56)52-25-16-23-50(42-52)48-21-14-20-47(40-48)49-22-15-24-51(41-49)53-26-17-28-55(43-53)58-34-19-39-68-70(58)62-33-9-13-38-67(62)74(68)65-36-11-6-30-59(65)60-31-7-12-37-66(60)74/h6-46H,1-5H3. The van der Waals surface area contributed by atoms with Crippen molar-refractivity contribution in [2.75, 3.05) is 0 Å². The summed E-state index contributed by atoms with van der Waals surface area (Å²) >= 11 is 0. The average Bonchev–Trinajstić information content (AvgIpc) is 4.05. The van der Waals surface area contributed by atoms with Gasteiger partial charge in [0, 0.05) is 5.41 Å². The highest BCUT2D eigenvalue weighted by Crippen LogP contribution is 2.64. The van der Waals surface area contributed by atoms with Gasteiger partial charge in [0.2, 0.25) is 0 Å². The Morgan fingerprint density at radius 3 is 1.01 bits per heavy atom. The predicted molar refractivity (Wildman–Crippen MR) is 312 cm³/mol. The Labute approximate surface area is 436 Å². The second-order valence-corrected chi connectivity index (χ2v) is 22.4. The summed E-state index contributed by atoms with van der Waals surface area (Å²) in [4.78, 5) is 0. The third-order valence-electron chi connectivity index (χ3n) is 16.8. The molecule has 0 amide bonds. The minimum Gasteiger partial charge on any atom is -0.0619 e. The van der Waals surface area contributed by atoms with Gasteiger partial charge in [-0.05, 0) is 181 Å². The van der Waals surface area contributed by atoms with Gasteiger partial charge in [-0.25, -0.2) is 0 Å². The molecule has 0 saturated heterocycles. The van der Waals surface area contributed by atoms with Gasteiger partial charge in [0.05, 0.1) is 5.41 Å². The molecule has 0 N–H and O–H groups in total. The van der Waals surface area contributed by atoms with E-state index in [9.17, 15) is 0 Å². The molecular weight excluding hydrogens is 889 g/mol. The molecule has 0 heterocycles. The molecule has 352 valence electrons. The summed E-state index contributed by atoms with van der Waals surface area (Å²) in [7, 11) is 0. The molecule has 14 rings (SSSR count). The van der Waals surface area contributed by atoms with E-state index in [1.54, 1.807) is 0 Å². The molecule has 3 aliphatic carbocycles. The van der Waals surface area contributed by atoms with Gasteiger partial charge in [-0.3, -0.25) is 0 Å². The van der Waals surface area contributed by atoms with Crippen LogP contribution in [0.2, 0.25) is 0 Å². The number of hydrogen-bond donors (Lipinski definition) is 0. The third kappa shape index (κ3) is 6.60. The van der Waals surface area contributed by atoms with E-state index < -0.39 is 0 Å². The van der Waals surface area contributed by atoms with Crippen LogP contribution >= 0.6 is 0 Å². The van der Waals surface area contributed by atoms with Crippen LogP contribution in [0.5, 0.6) is 0 Å². The first-order valence-electron chi connectivity index (χ1n) is 26.3. The summed E-state index contributed by atoms with van der Waals surface area (Å²) in [5, 5.41) is 0. The fourth-order valence-corrected chi connectivity index (χ4v) is 13.2. The highest BCUT2D eigenvalue weighted by Gasteiger charge is 2.52. The molecule has 0 aliphatic heterocycles. The Balaban J connectivity index is 0.798. The lowest BCUT2D eigenvalue weighted by Gasteiger charge is -2.30. The number of benzene rings is 11. The summed E-state index contributed by atoms with van der Waals surface area (Å²) in [6, 6.07) is 93.7. The van der Waals surface area contributed by atoms with Crippen LogP contribution in [0.1, 0.15) is 73.6 Å². The van der Waals surface area contributed by atoms with Crippen molar-refractivity contribution >= 4 is 0 Å². The van der Waals surface area contributed by atoms with Crippen LogP contribution in [0.25, 0.3) is 100 Å². The van der Waals surface area contributed by atoms with Crippen LogP contribution in [0.3, 0.4) is 0 Å². The summed E-state index contributed by atoms with van der Waals surface area (Å²) < 4.78 is 0. The highest BCUT2D eigenvalue weighted by molar-refractivity contribution is 6.00. The zero-order chi connectivity index (χ0) is 49.9. The zero-order valence-electron chi connectivity index (χ0n) is 42.7. The quantitative estimate of drug-likeness (QED) is 0.156. The maximum atomic E-state index is 2.48. The van der Waals surface area contributed by atoms with Crippen molar-refractivity contribution in [3.63, 3.8) is 0 Å². The van der Waals surface area contributed by atoms with Crippen LogP contribution < -0.4 is 0 Å². The zero-order valence-corrected chi connectivity index (χ0v) is 42.7. The maximum absolute atomic E-state index is 2.48. The van der Waals surface area contributed by atoms with E-state index in [-0.39, 0.29) is 16.2 Å². The summed E-state index contributed by atoms with van der Waals surface area (Å²) in [5.41, 5.74) is 31.9. The molecular formula is C74H56. The lowest BCUT2D eigenvalue weighted by atomic mass is 9.70. The van der Waals surface area contributed by atoms with Gasteiger partial charge in [0.1, 0.15) is 0 Å². The molecule has 0 bridgehead atoms. The number of hydrogen-bond acceptors (Lipinski definition) is 0. The minimum atomic E-state index is -0.368. The van der Waals surface area contributed by atoms with E-state index in [1.165, 1.54) is 139 Å². The first-order valence-corrected chi connectivity index (χ1v) is 26.3. The second-order valence-electron chi connectivity index (χ2n) is 22.4. The van der Waals surface area contributed by atoms with E-state index in [0.717, 1.165) is 0 Å². The normalized spacial score (nSPS) is 14.0. The van der Waals surface area contributed by atoms with Gasteiger partial charge in [-0.2, -0.15) is 0 Å². The third-order valence-corrected chi connectivity index (χ3v) is 16.8. The molecule has 0 saturated carbocycles. The summed E-state index contributed by atoms with van der Waals surface area (Å²) in [6.45, 7) is 11.8. The lowest BCUT2D eigenvalue weighted by Crippen LogP contribution is -2.25. The molecule has 0 unspecified atom stereocenters. The molecule has 0 aromatic heterocycles. The first kappa shape index (κ1) is 44.1. The summed E-state index contributed by atoms with van der Waals surface area (Å²) in [6.07, 6.45) is 0. The van der Waals surface area contributed by atoms with Gasteiger partial charge in [0.25, 0.3) is 0 Å². The minimum absolute atomic E-state index is 0.0145. The van der Waals surface area contributed by atoms with Crippen LogP contribution in [0.4, 0.5) is 0 Å². The van der Waals surface area contributed by atoms with Crippen molar-refractivity contribution in [3.05, 3.63) is 288 Å². The Morgan fingerprint density at radius 2 is 0.554 bits per heavy atom. The fourth-order valence-electron chi connectivity index (χ4n) is 13.2. The number of fused-ring (bicyclic) bond motifs is 13. The fraction of sp³-hybridized carbons (Fsp3) is 0.108. The van der Waals surface area contributed by atoms with Crippen LogP contribution in [-0.2, 0) is 16.2 Å². The Bertz CT molecular complexity index is 4050. The molecule has 3 aliphatic rings. The molecule has 0 atom stereocenters. The van der Waals surface area contributed by atoms with E-state index in [4.69, 9.17) is 0 Å². The van der Waals surface area contributed by atoms with Crippen LogP contribution in [0, 0.1) is 0 Å². The maximum Gasteiger partial charge on any atom is 0.0725 e. The first-order chi connectivity index (χ1) is 36.1. The Hall–Kier alpha value is -8.58. The van der Waals surface area contributed by atoms with Crippen molar-refractivity contribution in [1.82, 2.24) is 0 Å². The molecule has 11 aromatic carbocycles. The highest BCUT2D eigenvalue weighted by atomic mass is 14.5. The molecule has 0 radical (unpaired) electrons.